The fourth-order valence-corrected chi connectivity index (χ4v) is 8.66. The second kappa shape index (κ2) is 8.00. The van der Waals surface area contributed by atoms with Crippen LogP contribution in [-0.2, 0) is 0 Å². The number of nitrogens with zero attached hydrogens (tertiary/aromatic N) is 1. The van der Waals surface area contributed by atoms with Gasteiger partial charge in [-0.3, -0.25) is 4.90 Å². The van der Waals surface area contributed by atoms with Gasteiger partial charge in [-0.1, -0.05) is 33.1 Å². The number of hydrogen-bond donors (Lipinski definition) is 0. The maximum Gasteiger partial charge on any atom is 0.0135 e. The molecule has 0 saturated heterocycles. The van der Waals surface area contributed by atoms with Gasteiger partial charge in [-0.2, -0.15) is 0 Å². The molecule has 5 atom stereocenters. The molecule has 0 radical (unpaired) electrons. The Hall–Kier alpha value is -0.0400. The van der Waals surface area contributed by atoms with E-state index in [4.69, 9.17) is 0 Å². The minimum Gasteiger partial charge on any atom is -0.294 e. The third-order valence-electron chi connectivity index (χ3n) is 10.1. The van der Waals surface area contributed by atoms with Gasteiger partial charge in [-0.05, 0) is 113 Å². The molecule has 5 aliphatic carbocycles. The van der Waals surface area contributed by atoms with E-state index in [0.717, 1.165) is 53.6 Å². The molecule has 0 heterocycles. The van der Waals surface area contributed by atoms with Crippen molar-refractivity contribution in [2.75, 3.05) is 0 Å². The monoisotopic (exact) mass is 371 g/mol. The third kappa shape index (κ3) is 3.53. The zero-order chi connectivity index (χ0) is 18.4. The van der Waals surface area contributed by atoms with Crippen molar-refractivity contribution in [3.8, 4) is 0 Å². The van der Waals surface area contributed by atoms with Crippen molar-refractivity contribution in [1.82, 2.24) is 4.90 Å². The summed E-state index contributed by atoms with van der Waals surface area (Å²) in [4.78, 5) is 3.25. The molecule has 5 rings (SSSR count). The fraction of sp³-hybridized carbons (Fsp3) is 1.00. The zero-order valence-electron chi connectivity index (χ0n) is 18.2. The van der Waals surface area contributed by atoms with E-state index in [1.807, 2.05) is 0 Å². The zero-order valence-corrected chi connectivity index (χ0v) is 18.2. The lowest BCUT2D eigenvalue weighted by atomic mass is 9.46. The fourth-order valence-electron chi connectivity index (χ4n) is 8.66. The van der Waals surface area contributed by atoms with Gasteiger partial charge in [0.2, 0.25) is 0 Å². The summed E-state index contributed by atoms with van der Waals surface area (Å²) in [5.74, 6) is 6.47. The Bertz CT molecular complexity index is 452. The van der Waals surface area contributed by atoms with Crippen LogP contribution in [0, 0.1) is 35.5 Å². The normalized spacial score (nSPS) is 50.6. The summed E-state index contributed by atoms with van der Waals surface area (Å²) in [5.41, 5.74) is 0. The van der Waals surface area contributed by atoms with Gasteiger partial charge in [0.25, 0.3) is 0 Å². The summed E-state index contributed by atoms with van der Waals surface area (Å²) in [6, 6.07) is 2.84. The first-order chi connectivity index (χ1) is 13.2. The highest BCUT2D eigenvalue weighted by Crippen LogP contribution is 2.60. The Kier molecular flexibility index (Phi) is 5.62. The maximum absolute atomic E-state index is 3.25. The summed E-state index contributed by atoms with van der Waals surface area (Å²) in [6.07, 6.45) is 22.9. The Morgan fingerprint density at radius 2 is 0.963 bits per heavy atom. The van der Waals surface area contributed by atoms with Crippen LogP contribution in [0.15, 0.2) is 0 Å². The smallest absolute Gasteiger partial charge is 0.0135 e. The number of fused-ring (bicyclic) bond motifs is 4. The molecule has 0 aromatic heterocycles. The van der Waals surface area contributed by atoms with Gasteiger partial charge in [0.15, 0.2) is 0 Å². The van der Waals surface area contributed by atoms with Crippen molar-refractivity contribution in [3.05, 3.63) is 0 Å². The number of hydrogen-bond acceptors (Lipinski definition) is 1. The van der Waals surface area contributed by atoms with Gasteiger partial charge in [-0.15, -0.1) is 0 Å². The summed E-state index contributed by atoms with van der Waals surface area (Å²) in [7, 11) is 0. The summed E-state index contributed by atoms with van der Waals surface area (Å²) < 4.78 is 0. The molecule has 0 aromatic carbocycles. The van der Waals surface area contributed by atoms with Crippen molar-refractivity contribution in [3.63, 3.8) is 0 Å². The molecule has 5 unspecified atom stereocenters. The van der Waals surface area contributed by atoms with Gasteiger partial charge in [-0.25, -0.2) is 0 Å². The summed E-state index contributed by atoms with van der Waals surface area (Å²) in [6.45, 7) is 5.00. The van der Waals surface area contributed by atoms with Gasteiger partial charge >= 0.3 is 0 Å². The molecule has 0 N–H and O–H groups in total. The highest BCUT2D eigenvalue weighted by atomic mass is 15.2. The van der Waals surface area contributed by atoms with Crippen LogP contribution in [0.4, 0.5) is 0 Å². The standard InChI is InChI=1S/C26H45N/c1-18-10-14-20(15-11-18)27(21-16-12-19(2)13-17-21)25-9-5-8-24-22-6-3-4-7-23(22)26(24)25/h18-26H,3-17H2,1-2H3. The van der Waals surface area contributed by atoms with Crippen LogP contribution in [0.5, 0.6) is 0 Å². The highest BCUT2D eigenvalue weighted by molar-refractivity contribution is 5.07. The van der Waals surface area contributed by atoms with Gasteiger partial charge < -0.3 is 0 Å². The van der Waals surface area contributed by atoms with Crippen molar-refractivity contribution < 1.29 is 0 Å². The summed E-state index contributed by atoms with van der Waals surface area (Å²) >= 11 is 0. The molecule has 5 saturated carbocycles. The molecule has 1 heteroatoms. The minimum atomic E-state index is 0.936. The molecule has 0 spiro atoms. The van der Waals surface area contributed by atoms with Crippen LogP contribution in [0.1, 0.15) is 110 Å². The SMILES string of the molecule is CC1CCC(N(C2CCC(C)CC2)C2CCCC3C4CCCCC4C32)CC1. The average Bonchev–Trinajstić information content (AvgIpc) is 2.69. The average molecular weight is 372 g/mol. The topological polar surface area (TPSA) is 3.24 Å². The van der Waals surface area contributed by atoms with Crippen LogP contribution in [0.25, 0.3) is 0 Å². The molecular weight excluding hydrogens is 326 g/mol. The highest BCUT2D eigenvalue weighted by Gasteiger charge is 2.56. The Balaban J connectivity index is 1.37. The quantitative estimate of drug-likeness (QED) is 0.513. The van der Waals surface area contributed by atoms with E-state index in [2.05, 4.69) is 18.7 Å². The third-order valence-corrected chi connectivity index (χ3v) is 10.1. The lowest BCUT2D eigenvalue weighted by Crippen LogP contribution is -2.63. The van der Waals surface area contributed by atoms with Crippen molar-refractivity contribution in [1.29, 1.82) is 0 Å². The molecule has 0 aliphatic heterocycles. The van der Waals surface area contributed by atoms with E-state index < -0.39 is 0 Å². The minimum absolute atomic E-state index is 0.936. The van der Waals surface area contributed by atoms with E-state index in [9.17, 15) is 0 Å². The molecule has 1 nitrogen and oxygen atoms in total. The van der Waals surface area contributed by atoms with E-state index in [1.54, 1.807) is 38.5 Å². The first kappa shape index (κ1) is 19.0. The second-order valence-corrected chi connectivity index (χ2v) is 11.6. The first-order valence-corrected chi connectivity index (χ1v) is 13.0. The van der Waals surface area contributed by atoms with Crippen LogP contribution >= 0.6 is 0 Å². The van der Waals surface area contributed by atoms with E-state index in [1.165, 1.54) is 57.8 Å². The van der Waals surface area contributed by atoms with Gasteiger partial charge in [0.1, 0.15) is 0 Å². The van der Waals surface area contributed by atoms with E-state index in [-0.39, 0.29) is 0 Å². The molecular formula is C26H45N. The predicted molar refractivity (Wildman–Crippen MR) is 115 cm³/mol. The molecule has 154 valence electrons. The molecule has 5 aliphatic rings. The van der Waals surface area contributed by atoms with Crippen LogP contribution in [0.2, 0.25) is 0 Å². The summed E-state index contributed by atoms with van der Waals surface area (Å²) in [5, 5.41) is 0. The predicted octanol–water partition coefficient (Wildman–Crippen LogP) is 7.05. The second-order valence-electron chi connectivity index (χ2n) is 11.6. The lowest BCUT2D eigenvalue weighted by Gasteiger charge is -2.63. The largest absolute Gasteiger partial charge is 0.294 e. The van der Waals surface area contributed by atoms with E-state index >= 15 is 0 Å². The van der Waals surface area contributed by atoms with Crippen molar-refractivity contribution in [2.24, 2.45) is 35.5 Å². The van der Waals surface area contributed by atoms with E-state index in [0.29, 0.717) is 0 Å². The number of rotatable bonds is 3. The van der Waals surface area contributed by atoms with Crippen LogP contribution < -0.4 is 0 Å². The molecule has 5 fully saturated rings. The molecule has 0 bridgehead atoms. The van der Waals surface area contributed by atoms with Crippen molar-refractivity contribution in [2.45, 2.75) is 128 Å². The van der Waals surface area contributed by atoms with Crippen LogP contribution in [0.3, 0.4) is 0 Å². The Morgan fingerprint density at radius 3 is 1.52 bits per heavy atom. The molecule has 0 aromatic rings. The van der Waals surface area contributed by atoms with Gasteiger partial charge in [0, 0.05) is 18.1 Å². The Labute approximate surface area is 169 Å². The Morgan fingerprint density at radius 1 is 0.481 bits per heavy atom. The molecule has 0 amide bonds. The lowest BCUT2D eigenvalue weighted by molar-refractivity contribution is -0.144. The van der Waals surface area contributed by atoms with Crippen molar-refractivity contribution >= 4 is 0 Å². The van der Waals surface area contributed by atoms with Gasteiger partial charge in [0.05, 0.1) is 0 Å². The maximum atomic E-state index is 3.25. The molecule has 27 heavy (non-hydrogen) atoms. The first-order valence-electron chi connectivity index (χ1n) is 13.0. The van der Waals surface area contributed by atoms with Crippen LogP contribution in [-0.4, -0.2) is 23.0 Å².